The molecule has 0 radical (unpaired) electrons. The summed E-state index contributed by atoms with van der Waals surface area (Å²) < 4.78 is 1.87. The third kappa shape index (κ3) is 4.06. The van der Waals surface area contributed by atoms with Crippen molar-refractivity contribution >= 4 is 22.8 Å². The highest BCUT2D eigenvalue weighted by atomic mass is 16.2. The molecule has 0 aliphatic carbocycles. The molecule has 172 valence electrons. The molecular weight excluding hydrogens is 414 g/mol. The molecule has 1 saturated heterocycles. The fraction of sp³-hybridized carbons (Fsp3) is 0.400. The molecule has 8 heteroatoms. The third-order valence-corrected chi connectivity index (χ3v) is 6.45. The number of piperazine rings is 1. The van der Waals surface area contributed by atoms with Crippen molar-refractivity contribution in [3.8, 4) is 0 Å². The van der Waals surface area contributed by atoms with Crippen molar-refractivity contribution in [2.24, 2.45) is 5.92 Å². The van der Waals surface area contributed by atoms with Crippen LogP contribution in [0, 0.1) is 12.8 Å². The van der Waals surface area contributed by atoms with Crippen molar-refractivity contribution in [3.05, 3.63) is 65.5 Å². The Morgan fingerprint density at radius 3 is 2.67 bits per heavy atom. The van der Waals surface area contributed by atoms with Gasteiger partial charge in [-0.3, -0.25) is 9.69 Å². The molecule has 0 aromatic carbocycles. The molecule has 3 aliphatic heterocycles. The summed E-state index contributed by atoms with van der Waals surface area (Å²) in [5.41, 5.74) is 5.62. The first kappa shape index (κ1) is 21.5. The molecule has 8 nitrogen and oxygen atoms in total. The summed E-state index contributed by atoms with van der Waals surface area (Å²) in [6, 6.07) is 2.04. The number of fused-ring (bicyclic) bond motifs is 2. The largest absolute Gasteiger partial charge is 0.368 e. The molecule has 0 saturated carbocycles. The van der Waals surface area contributed by atoms with Crippen molar-refractivity contribution in [2.45, 2.75) is 20.3 Å². The van der Waals surface area contributed by atoms with E-state index in [0.29, 0.717) is 0 Å². The smallest absolute Gasteiger partial charge is 0.255 e. The van der Waals surface area contributed by atoms with Crippen LogP contribution < -0.4 is 10.2 Å². The summed E-state index contributed by atoms with van der Waals surface area (Å²) in [6.07, 6.45) is 12.8. The Balaban J connectivity index is 1.52. The minimum Gasteiger partial charge on any atom is -0.368 e. The van der Waals surface area contributed by atoms with Crippen molar-refractivity contribution in [1.29, 1.82) is 0 Å². The van der Waals surface area contributed by atoms with Crippen LogP contribution in [0.15, 0.2) is 54.2 Å². The van der Waals surface area contributed by atoms with Crippen molar-refractivity contribution in [2.75, 3.05) is 45.2 Å². The van der Waals surface area contributed by atoms with Gasteiger partial charge in [0.1, 0.15) is 5.52 Å². The van der Waals surface area contributed by atoms with Gasteiger partial charge in [0.2, 0.25) is 0 Å². The van der Waals surface area contributed by atoms with Gasteiger partial charge in [0.15, 0.2) is 5.82 Å². The van der Waals surface area contributed by atoms with E-state index < -0.39 is 0 Å². The summed E-state index contributed by atoms with van der Waals surface area (Å²) >= 11 is 0. The van der Waals surface area contributed by atoms with Crippen LogP contribution in [0.4, 0.5) is 5.82 Å². The molecule has 1 amide bonds. The lowest BCUT2D eigenvalue weighted by Crippen LogP contribution is -2.43. The summed E-state index contributed by atoms with van der Waals surface area (Å²) in [7, 11) is 3.96. The number of hydrogen-bond donors (Lipinski definition) is 1. The fourth-order valence-electron chi connectivity index (χ4n) is 4.62. The first-order valence-electron chi connectivity index (χ1n) is 11.6. The molecule has 1 unspecified atom stereocenters. The first-order chi connectivity index (χ1) is 15.9. The van der Waals surface area contributed by atoms with Gasteiger partial charge in [-0.05, 0) is 43.1 Å². The van der Waals surface area contributed by atoms with Gasteiger partial charge in [0, 0.05) is 58.2 Å². The Bertz CT molecular complexity index is 1210. The highest BCUT2D eigenvalue weighted by Gasteiger charge is 2.25. The Kier molecular flexibility index (Phi) is 5.54. The maximum atomic E-state index is 13.4. The van der Waals surface area contributed by atoms with E-state index in [2.05, 4.69) is 40.4 Å². The molecule has 5 rings (SSSR count). The molecule has 2 aromatic rings. The number of allylic oxidation sites excluding steroid dienone is 4. The van der Waals surface area contributed by atoms with Crippen LogP contribution in [-0.2, 0) is 4.79 Å². The lowest BCUT2D eigenvalue weighted by atomic mass is 9.92. The van der Waals surface area contributed by atoms with Gasteiger partial charge in [-0.2, -0.15) is 5.10 Å². The van der Waals surface area contributed by atoms with E-state index in [1.807, 2.05) is 48.9 Å². The van der Waals surface area contributed by atoms with E-state index in [0.717, 1.165) is 72.3 Å². The average molecular weight is 446 g/mol. The SMILES string of the molecule is Cc1cn2nc(C3=CC(=O)N4C=C(N5CCNCC5)C=CC4=CCC3C)cc2c(N(C)C)n1. The van der Waals surface area contributed by atoms with Crippen LogP contribution in [0.1, 0.15) is 24.7 Å². The molecular formula is C25H31N7O. The van der Waals surface area contributed by atoms with Gasteiger partial charge >= 0.3 is 0 Å². The Labute approximate surface area is 194 Å². The Morgan fingerprint density at radius 2 is 1.91 bits per heavy atom. The molecule has 1 N–H and O–H groups in total. The number of anilines is 1. The van der Waals surface area contributed by atoms with E-state index >= 15 is 0 Å². The van der Waals surface area contributed by atoms with Gasteiger partial charge in [0.05, 0.1) is 23.3 Å². The van der Waals surface area contributed by atoms with E-state index in [4.69, 9.17) is 5.10 Å². The monoisotopic (exact) mass is 445 g/mol. The first-order valence-corrected chi connectivity index (χ1v) is 11.6. The molecule has 3 aliphatic rings. The minimum absolute atomic E-state index is 0.0426. The molecule has 2 aromatic heterocycles. The molecule has 0 spiro atoms. The van der Waals surface area contributed by atoms with Crippen molar-refractivity contribution < 1.29 is 4.79 Å². The molecule has 5 heterocycles. The molecule has 1 atom stereocenters. The van der Waals surface area contributed by atoms with Crippen LogP contribution in [0.5, 0.6) is 0 Å². The number of aryl methyl sites for hydroxylation is 1. The lowest BCUT2D eigenvalue weighted by molar-refractivity contribution is -0.122. The van der Waals surface area contributed by atoms with E-state index in [1.54, 1.807) is 11.0 Å². The molecule has 1 fully saturated rings. The number of nitrogens with one attached hydrogen (secondary N) is 1. The van der Waals surface area contributed by atoms with Crippen molar-refractivity contribution in [3.63, 3.8) is 0 Å². The maximum absolute atomic E-state index is 13.4. The fourth-order valence-corrected chi connectivity index (χ4v) is 4.62. The van der Waals surface area contributed by atoms with E-state index in [1.165, 1.54) is 0 Å². The average Bonchev–Trinajstić information content (AvgIpc) is 3.23. The van der Waals surface area contributed by atoms with Crippen LogP contribution in [0.25, 0.3) is 11.1 Å². The number of aromatic nitrogens is 3. The summed E-state index contributed by atoms with van der Waals surface area (Å²) in [6.45, 7) is 7.92. The van der Waals surface area contributed by atoms with Crippen LogP contribution in [0.3, 0.4) is 0 Å². The van der Waals surface area contributed by atoms with E-state index in [9.17, 15) is 4.79 Å². The molecule has 33 heavy (non-hydrogen) atoms. The Hall–Kier alpha value is -3.39. The maximum Gasteiger partial charge on any atom is 0.255 e. The van der Waals surface area contributed by atoms with Gasteiger partial charge in [-0.15, -0.1) is 0 Å². The quantitative estimate of drug-likeness (QED) is 0.783. The number of carbonyl (C=O) groups is 1. The minimum atomic E-state index is -0.0426. The van der Waals surface area contributed by atoms with Crippen LogP contribution >= 0.6 is 0 Å². The zero-order chi connectivity index (χ0) is 23.1. The lowest BCUT2D eigenvalue weighted by Gasteiger charge is -2.34. The van der Waals surface area contributed by atoms with Crippen molar-refractivity contribution in [1.82, 2.24) is 29.7 Å². The predicted octanol–water partition coefficient (Wildman–Crippen LogP) is 2.56. The second kappa shape index (κ2) is 8.51. The summed E-state index contributed by atoms with van der Waals surface area (Å²) in [5, 5.41) is 8.22. The van der Waals surface area contributed by atoms with Gasteiger partial charge in [-0.1, -0.05) is 13.0 Å². The standard InChI is InChI=1S/C25H31N7O/c1-17-5-6-19-7-8-20(30-11-9-26-10-12-30)16-31(19)24(33)13-21(17)22-14-23-25(29(3)4)27-18(2)15-32(23)28-22/h6-8,13-17,26H,5,9-12H2,1-4H3. The van der Waals surface area contributed by atoms with Gasteiger partial charge < -0.3 is 15.1 Å². The zero-order valence-electron chi connectivity index (χ0n) is 19.7. The number of amides is 1. The molecule has 0 bridgehead atoms. The topological polar surface area (TPSA) is 69.0 Å². The highest BCUT2D eigenvalue weighted by molar-refractivity contribution is 5.98. The van der Waals surface area contributed by atoms with Gasteiger partial charge in [0.25, 0.3) is 5.91 Å². The van der Waals surface area contributed by atoms with Crippen LogP contribution in [-0.4, -0.2) is 70.6 Å². The zero-order valence-corrected chi connectivity index (χ0v) is 19.7. The van der Waals surface area contributed by atoms with Gasteiger partial charge in [-0.25, -0.2) is 9.50 Å². The Morgan fingerprint density at radius 1 is 1.15 bits per heavy atom. The summed E-state index contributed by atoms with van der Waals surface area (Å²) in [4.78, 5) is 24.2. The number of hydrogen-bond acceptors (Lipinski definition) is 6. The van der Waals surface area contributed by atoms with Crippen LogP contribution in [0.2, 0.25) is 0 Å². The summed E-state index contributed by atoms with van der Waals surface area (Å²) in [5.74, 6) is 0.988. The van der Waals surface area contributed by atoms with E-state index in [-0.39, 0.29) is 11.8 Å². The number of nitrogens with zero attached hydrogens (tertiary/aromatic N) is 6. The third-order valence-electron chi connectivity index (χ3n) is 6.45. The highest BCUT2D eigenvalue weighted by Crippen LogP contribution is 2.32. The number of carbonyl (C=O) groups excluding carboxylic acids is 1. The normalized spacial score (nSPS) is 21.3. The number of rotatable bonds is 3. The second-order valence-corrected chi connectivity index (χ2v) is 9.16. The predicted molar refractivity (Wildman–Crippen MR) is 130 cm³/mol. The second-order valence-electron chi connectivity index (χ2n) is 9.16.